The molecule has 1 heterocycles. The Kier molecular flexibility index (Phi) is 4.65. The molecule has 3 rings (SSSR count). The van der Waals surface area contributed by atoms with Crippen LogP contribution in [0.1, 0.15) is 47.1 Å². The zero-order valence-electron chi connectivity index (χ0n) is 14.9. The molecule has 2 aromatic carbocycles. The van der Waals surface area contributed by atoms with Gasteiger partial charge in [0.1, 0.15) is 0 Å². The summed E-state index contributed by atoms with van der Waals surface area (Å²) in [6, 6.07) is 15.8. The van der Waals surface area contributed by atoms with Gasteiger partial charge in [0, 0.05) is 5.69 Å². The lowest BCUT2D eigenvalue weighted by Gasteiger charge is -2.08. The van der Waals surface area contributed by atoms with Crippen LogP contribution in [0.25, 0.3) is 5.69 Å². The van der Waals surface area contributed by atoms with Crippen LogP contribution in [0.15, 0.2) is 48.5 Å². The zero-order chi connectivity index (χ0) is 18.0. The van der Waals surface area contributed by atoms with Gasteiger partial charge in [0.15, 0.2) is 5.69 Å². The Morgan fingerprint density at radius 2 is 1.64 bits per heavy atom. The number of anilines is 1. The molecule has 0 unspecified atom stereocenters. The maximum atomic E-state index is 12.5. The molecular formula is C20H22N4O. The predicted octanol–water partition coefficient (Wildman–Crippen LogP) is 4.26. The highest BCUT2D eigenvalue weighted by atomic mass is 16.2. The number of carbonyl (C=O) groups is 1. The first kappa shape index (κ1) is 16.9. The van der Waals surface area contributed by atoms with Crippen molar-refractivity contribution in [2.75, 3.05) is 5.32 Å². The van der Waals surface area contributed by atoms with Gasteiger partial charge in [-0.1, -0.05) is 48.9 Å². The summed E-state index contributed by atoms with van der Waals surface area (Å²) < 4.78 is 1.68. The van der Waals surface area contributed by atoms with Crippen molar-refractivity contribution < 1.29 is 4.79 Å². The molecule has 0 aliphatic rings. The van der Waals surface area contributed by atoms with Crippen molar-refractivity contribution in [3.05, 3.63) is 71.0 Å². The van der Waals surface area contributed by atoms with Gasteiger partial charge >= 0.3 is 0 Å². The normalized spacial score (nSPS) is 10.9. The fourth-order valence-electron chi connectivity index (χ4n) is 2.61. The molecule has 0 saturated heterocycles. The van der Waals surface area contributed by atoms with Crippen molar-refractivity contribution >= 4 is 11.6 Å². The fraction of sp³-hybridized carbons (Fsp3) is 0.250. The SMILES string of the molecule is Cc1ccc(-n2nnc(C(=O)Nc3ccc(C(C)C)cc3)c2C)cc1. The first-order chi connectivity index (χ1) is 12.0. The third-order valence-electron chi connectivity index (χ3n) is 4.22. The molecular weight excluding hydrogens is 312 g/mol. The molecule has 5 nitrogen and oxygen atoms in total. The molecule has 3 aromatic rings. The first-order valence-corrected chi connectivity index (χ1v) is 8.36. The van der Waals surface area contributed by atoms with E-state index in [2.05, 4.69) is 29.5 Å². The van der Waals surface area contributed by atoms with Crippen LogP contribution in [0.2, 0.25) is 0 Å². The molecule has 0 aliphatic heterocycles. The summed E-state index contributed by atoms with van der Waals surface area (Å²) in [6.45, 7) is 8.15. The van der Waals surface area contributed by atoms with Crippen molar-refractivity contribution in [3.63, 3.8) is 0 Å². The molecule has 0 fully saturated rings. The average Bonchev–Trinajstić information content (AvgIpc) is 2.98. The molecule has 0 aliphatic carbocycles. The molecule has 5 heteroatoms. The van der Waals surface area contributed by atoms with Gasteiger partial charge in [0.2, 0.25) is 0 Å². The number of rotatable bonds is 4. The van der Waals surface area contributed by atoms with Crippen LogP contribution in [0.4, 0.5) is 5.69 Å². The van der Waals surface area contributed by atoms with E-state index in [1.165, 1.54) is 11.1 Å². The number of hydrogen-bond acceptors (Lipinski definition) is 3. The van der Waals surface area contributed by atoms with Crippen molar-refractivity contribution in [3.8, 4) is 5.69 Å². The average molecular weight is 334 g/mol. The second-order valence-corrected chi connectivity index (χ2v) is 6.50. The van der Waals surface area contributed by atoms with E-state index in [4.69, 9.17) is 0 Å². The molecule has 25 heavy (non-hydrogen) atoms. The summed E-state index contributed by atoms with van der Waals surface area (Å²) in [7, 11) is 0. The van der Waals surface area contributed by atoms with Gasteiger partial charge in [0.25, 0.3) is 5.91 Å². The van der Waals surface area contributed by atoms with Crippen LogP contribution in [0.3, 0.4) is 0 Å². The maximum absolute atomic E-state index is 12.5. The van der Waals surface area contributed by atoms with Gasteiger partial charge in [0.05, 0.1) is 11.4 Å². The number of aromatic nitrogens is 3. The fourth-order valence-corrected chi connectivity index (χ4v) is 2.61. The highest BCUT2D eigenvalue weighted by Crippen LogP contribution is 2.18. The Hall–Kier alpha value is -2.95. The number of nitrogens with one attached hydrogen (secondary N) is 1. The monoisotopic (exact) mass is 334 g/mol. The third kappa shape index (κ3) is 3.60. The van der Waals surface area contributed by atoms with Gasteiger partial charge in [-0.3, -0.25) is 4.79 Å². The number of aryl methyl sites for hydroxylation is 1. The molecule has 0 spiro atoms. The van der Waals surface area contributed by atoms with Gasteiger partial charge in [-0.05, 0) is 49.6 Å². The Morgan fingerprint density at radius 1 is 1.00 bits per heavy atom. The lowest BCUT2D eigenvalue weighted by molar-refractivity contribution is 0.102. The largest absolute Gasteiger partial charge is 0.321 e. The van der Waals surface area contributed by atoms with Gasteiger partial charge in [-0.15, -0.1) is 5.10 Å². The predicted molar refractivity (Wildman–Crippen MR) is 99.3 cm³/mol. The Labute approximate surface area is 147 Å². The zero-order valence-corrected chi connectivity index (χ0v) is 14.9. The van der Waals surface area contributed by atoms with E-state index in [1.54, 1.807) is 4.68 Å². The van der Waals surface area contributed by atoms with Gasteiger partial charge < -0.3 is 5.32 Å². The minimum atomic E-state index is -0.256. The number of benzene rings is 2. The quantitative estimate of drug-likeness (QED) is 0.775. The van der Waals surface area contributed by atoms with E-state index in [1.807, 2.05) is 62.4 Å². The summed E-state index contributed by atoms with van der Waals surface area (Å²) in [4.78, 5) is 12.5. The summed E-state index contributed by atoms with van der Waals surface area (Å²) in [5.41, 5.74) is 5.08. The molecule has 1 amide bonds. The van der Waals surface area contributed by atoms with E-state index in [9.17, 15) is 4.79 Å². The van der Waals surface area contributed by atoms with Crippen LogP contribution in [0.5, 0.6) is 0 Å². The molecule has 0 radical (unpaired) electrons. The summed E-state index contributed by atoms with van der Waals surface area (Å²) in [5.74, 6) is 0.203. The van der Waals surface area contributed by atoms with E-state index in [0.29, 0.717) is 17.3 Å². The molecule has 0 bridgehead atoms. The van der Waals surface area contributed by atoms with Crippen LogP contribution < -0.4 is 5.32 Å². The minimum absolute atomic E-state index is 0.256. The Bertz CT molecular complexity index is 877. The molecule has 0 saturated carbocycles. The number of amides is 1. The maximum Gasteiger partial charge on any atom is 0.278 e. The molecule has 1 aromatic heterocycles. The van der Waals surface area contributed by atoms with Crippen LogP contribution in [-0.2, 0) is 0 Å². The Balaban J connectivity index is 1.80. The van der Waals surface area contributed by atoms with Crippen LogP contribution in [-0.4, -0.2) is 20.9 Å². The first-order valence-electron chi connectivity index (χ1n) is 8.36. The second kappa shape index (κ2) is 6.89. The standard InChI is InChI=1S/C20H22N4O/c1-13(2)16-7-9-17(10-8-16)21-20(25)19-15(4)24(23-22-19)18-11-5-14(3)6-12-18/h5-13H,1-4H3,(H,21,25). The van der Waals surface area contributed by atoms with E-state index < -0.39 is 0 Å². The lowest BCUT2D eigenvalue weighted by atomic mass is 10.0. The highest BCUT2D eigenvalue weighted by Gasteiger charge is 2.17. The van der Waals surface area contributed by atoms with E-state index >= 15 is 0 Å². The number of hydrogen-bond donors (Lipinski definition) is 1. The van der Waals surface area contributed by atoms with E-state index in [0.717, 1.165) is 11.4 Å². The molecule has 1 N–H and O–H groups in total. The van der Waals surface area contributed by atoms with Crippen molar-refractivity contribution in [1.82, 2.24) is 15.0 Å². The summed E-state index contributed by atoms with van der Waals surface area (Å²) >= 11 is 0. The topological polar surface area (TPSA) is 59.8 Å². The van der Waals surface area contributed by atoms with Gasteiger partial charge in [-0.25, -0.2) is 4.68 Å². The molecule has 128 valence electrons. The summed E-state index contributed by atoms with van der Waals surface area (Å²) in [5, 5.41) is 11.1. The Morgan fingerprint density at radius 3 is 2.24 bits per heavy atom. The minimum Gasteiger partial charge on any atom is -0.321 e. The number of nitrogens with zero attached hydrogens (tertiary/aromatic N) is 3. The van der Waals surface area contributed by atoms with Crippen LogP contribution in [0, 0.1) is 13.8 Å². The van der Waals surface area contributed by atoms with Crippen molar-refractivity contribution in [2.45, 2.75) is 33.6 Å². The summed E-state index contributed by atoms with van der Waals surface area (Å²) in [6.07, 6.45) is 0. The lowest BCUT2D eigenvalue weighted by Crippen LogP contribution is -2.14. The highest BCUT2D eigenvalue weighted by molar-refractivity contribution is 6.03. The molecule has 0 atom stereocenters. The smallest absolute Gasteiger partial charge is 0.278 e. The van der Waals surface area contributed by atoms with Gasteiger partial charge in [-0.2, -0.15) is 0 Å². The second-order valence-electron chi connectivity index (χ2n) is 6.50. The van der Waals surface area contributed by atoms with E-state index in [-0.39, 0.29) is 5.91 Å². The van der Waals surface area contributed by atoms with Crippen molar-refractivity contribution in [2.24, 2.45) is 0 Å². The van der Waals surface area contributed by atoms with Crippen molar-refractivity contribution in [1.29, 1.82) is 0 Å². The van der Waals surface area contributed by atoms with Crippen LogP contribution >= 0.6 is 0 Å². The third-order valence-corrected chi connectivity index (χ3v) is 4.22. The number of carbonyl (C=O) groups excluding carboxylic acids is 1.